The molecular formula is C17H19BrFNO. The Morgan fingerprint density at radius 1 is 1.19 bits per heavy atom. The second-order valence-corrected chi connectivity index (χ2v) is 5.82. The van der Waals surface area contributed by atoms with Crippen molar-refractivity contribution < 1.29 is 9.13 Å². The molecule has 0 saturated carbocycles. The number of hydrogen-bond donors (Lipinski definition) is 1. The van der Waals surface area contributed by atoms with E-state index >= 15 is 0 Å². The molecule has 2 rings (SSSR count). The van der Waals surface area contributed by atoms with Gasteiger partial charge in [0, 0.05) is 24.2 Å². The summed E-state index contributed by atoms with van der Waals surface area (Å²) in [5.74, 6) is -0.233. The van der Waals surface area contributed by atoms with Crippen LogP contribution in [0.5, 0.6) is 0 Å². The third kappa shape index (κ3) is 4.37. The summed E-state index contributed by atoms with van der Waals surface area (Å²) in [5, 5.41) is 3.47. The molecule has 1 atom stereocenters. The number of halogens is 2. The van der Waals surface area contributed by atoms with E-state index in [1.807, 2.05) is 12.1 Å². The normalized spacial score (nSPS) is 12.4. The van der Waals surface area contributed by atoms with Gasteiger partial charge in [-0.3, -0.25) is 0 Å². The summed E-state index contributed by atoms with van der Waals surface area (Å²) in [6.07, 6.45) is 0. The lowest BCUT2D eigenvalue weighted by atomic mass is 10.1. The first-order valence-electron chi connectivity index (χ1n) is 6.86. The minimum absolute atomic E-state index is 0.121. The minimum atomic E-state index is -0.233. The molecule has 0 radical (unpaired) electrons. The predicted octanol–water partition coefficient (Wildman–Crippen LogP) is 4.59. The second-order valence-electron chi connectivity index (χ2n) is 4.97. The summed E-state index contributed by atoms with van der Waals surface area (Å²) < 4.78 is 19.1. The number of benzene rings is 2. The Balaban J connectivity index is 2.05. The summed E-state index contributed by atoms with van der Waals surface area (Å²) >= 11 is 3.41. The molecule has 0 aliphatic heterocycles. The molecule has 0 spiro atoms. The molecule has 0 bridgehead atoms. The van der Waals surface area contributed by atoms with Crippen molar-refractivity contribution in [2.24, 2.45) is 0 Å². The van der Waals surface area contributed by atoms with Crippen molar-refractivity contribution >= 4 is 15.9 Å². The van der Waals surface area contributed by atoms with Crippen LogP contribution in [0.4, 0.5) is 4.39 Å². The fraction of sp³-hybridized carbons (Fsp3) is 0.294. The van der Waals surface area contributed by atoms with Gasteiger partial charge in [-0.25, -0.2) is 4.39 Å². The Bertz CT molecular complexity index is 603. The Kier molecular flexibility index (Phi) is 5.91. The van der Waals surface area contributed by atoms with Gasteiger partial charge in [-0.15, -0.1) is 0 Å². The van der Waals surface area contributed by atoms with Gasteiger partial charge in [0.1, 0.15) is 5.82 Å². The van der Waals surface area contributed by atoms with Crippen molar-refractivity contribution in [2.45, 2.75) is 26.1 Å². The molecule has 21 heavy (non-hydrogen) atoms. The largest absolute Gasteiger partial charge is 0.380 e. The molecule has 0 amide bonds. The number of hydrogen-bond acceptors (Lipinski definition) is 2. The molecule has 112 valence electrons. The van der Waals surface area contributed by atoms with Crippen LogP contribution < -0.4 is 5.32 Å². The van der Waals surface area contributed by atoms with E-state index in [0.29, 0.717) is 6.61 Å². The highest BCUT2D eigenvalue weighted by Crippen LogP contribution is 2.24. The van der Waals surface area contributed by atoms with Gasteiger partial charge in [-0.2, -0.15) is 0 Å². The van der Waals surface area contributed by atoms with E-state index in [2.05, 4.69) is 40.3 Å². The maximum absolute atomic E-state index is 13.1. The zero-order valence-corrected chi connectivity index (χ0v) is 13.8. The maximum Gasteiger partial charge on any atom is 0.124 e. The molecule has 2 aromatic rings. The summed E-state index contributed by atoms with van der Waals surface area (Å²) in [5.41, 5.74) is 3.43. The Labute approximate surface area is 133 Å². The number of ether oxygens (including phenoxy) is 1. The average molecular weight is 352 g/mol. The molecule has 0 fully saturated rings. The maximum atomic E-state index is 13.1. The summed E-state index contributed by atoms with van der Waals surface area (Å²) in [6, 6.07) is 13.1. The van der Waals surface area contributed by atoms with Crippen LogP contribution in [0.2, 0.25) is 0 Å². The van der Waals surface area contributed by atoms with Crippen LogP contribution >= 0.6 is 15.9 Å². The lowest BCUT2D eigenvalue weighted by Crippen LogP contribution is -2.19. The first-order chi connectivity index (χ1) is 10.1. The van der Waals surface area contributed by atoms with E-state index in [-0.39, 0.29) is 11.9 Å². The molecular weight excluding hydrogens is 333 g/mol. The molecule has 0 heterocycles. The monoisotopic (exact) mass is 351 g/mol. The van der Waals surface area contributed by atoms with Crippen LogP contribution in [0.15, 0.2) is 46.9 Å². The molecule has 0 aliphatic rings. The average Bonchev–Trinajstić information content (AvgIpc) is 2.46. The topological polar surface area (TPSA) is 21.3 Å². The van der Waals surface area contributed by atoms with Crippen LogP contribution in [0.25, 0.3) is 0 Å². The van der Waals surface area contributed by atoms with E-state index in [4.69, 9.17) is 4.74 Å². The highest BCUT2D eigenvalue weighted by atomic mass is 79.9. The zero-order valence-electron chi connectivity index (χ0n) is 12.2. The Hall–Kier alpha value is -1.23. The molecule has 2 nitrogen and oxygen atoms in total. The van der Waals surface area contributed by atoms with Crippen molar-refractivity contribution in [1.82, 2.24) is 5.32 Å². The molecule has 0 saturated heterocycles. The lowest BCUT2D eigenvalue weighted by molar-refractivity contribution is 0.184. The molecule has 0 aliphatic carbocycles. The SMILES string of the molecule is COCc1ccccc1CNC(C)c1ccc(F)cc1Br. The van der Waals surface area contributed by atoms with E-state index in [1.54, 1.807) is 13.2 Å². The van der Waals surface area contributed by atoms with Gasteiger partial charge >= 0.3 is 0 Å². The third-order valence-corrected chi connectivity index (χ3v) is 4.13. The zero-order chi connectivity index (χ0) is 15.2. The van der Waals surface area contributed by atoms with E-state index in [1.165, 1.54) is 23.3 Å². The van der Waals surface area contributed by atoms with Crippen LogP contribution in [0.1, 0.15) is 29.7 Å². The Morgan fingerprint density at radius 3 is 2.57 bits per heavy atom. The Morgan fingerprint density at radius 2 is 1.90 bits per heavy atom. The van der Waals surface area contributed by atoms with Crippen molar-refractivity contribution in [2.75, 3.05) is 7.11 Å². The molecule has 0 aromatic heterocycles. The van der Waals surface area contributed by atoms with Gasteiger partial charge in [0.2, 0.25) is 0 Å². The minimum Gasteiger partial charge on any atom is -0.380 e. The quantitative estimate of drug-likeness (QED) is 0.821. The smallest absolute Gasteiger partial charge is 0.124 e. The van der Waals surface area contributed by atoms with Gasteiger partial charge in [0.15, 0.2) is 0 Å². The van der Waals surface area contributed by atoms with Gasteiger partial charge in [0.25, 0.3) is 0 Å². The van der Waals surface area contributed by atoms with Crippen LogP contribution in [-0.2, 0) is 17.9 Å². The van der Waals surface area contributed by atoms with Gasteiger partial charge in [-0.05, 0) is 35.7 Å². The molecule has 4 heteroatoms. The van der Waals surface area contributed by atoms with Crippen molar-refractivity contribution in [3.8, 4) is 0 Å². The highest BCUT2D eigenvalue weighted by Gasteiger charge is 2.10. The van der Waals surface area contributed by atoms with E-state index in [9.17, 15) is 4.39 Å². The molecule has 1 N–H and O–H groups in total. The summed E-state index contributed by atoms with van der Waals surface area (Å²) in [6.45, 7) is 3.41. The standard InChI is InChI=1S/C17H19BrFNO/c1-12(16-8-7-15(19)9-17(16)18)20-10-13-5-3-4-6-14(13)11-21-2/h3-9,12,20H,10-11H2,1-2H3. The highest BCUT2D eigenvalue weighted by molar-refractivity contribution is 9.10. The van der Waals surface area contributed by atoms with E-state index < -0.39 is 0 Å². The van der Waals surface area contributed by atoms with Gasteiger partial charge in [-0.1, -0.05) is 46.3 Å². The van der Waals surface area contributed by atoms with Crippen molar-refractivity contribution in [3.63, 3.8) is 0 Å². The van der Waals surface area contributed by atoms with Crippen molar-refractivity contribution in [1.29, 1.82) is 0 Å². The number of rotatable bonds is 6. The fourth-order valence-electron chi connectivity index (χ4n) is 2.25. The van der Waals surface area contributed by atoms with E-state index in [0.717, 1.165) is 16.6 Å². The third-order valence-electron chi connectivity index (χ3n) is 3.45. The summed E-state index contributed by atoms with van der Waals surface area (Å²) in [4.78, 5) is 0. The summed E-state index contributed by atoms with van der Waals surface area (Å²) in [7, 11) is 1.70. The predicted molar refractivity (Wildman–Crippen MR) is 86.5 cm³/mol. The second kappa shape index (κ2) is 7.69. The van der Waals surface area contributed by atoms with Crippen LogP contribution in [-0.4, -0.2) is 7.11 Å². The first kappa shape index (κ1) is 16.1. The van der Waals surface area contributed by atoms with Gasteiger partial charge < -0.3 is 10.1 Å². The fourth-order valence-corrected chi connectivity index (χ4v) is 2.95. The first-order valence-corrected chi connectivity index (χ1v) is 7.65. The lowest BCUT2D eigenvalue weighted by Gasteiger charge is -2.17. The molecule has 1 unspecified atom stereocenters. The number of nitrogens with one attached hydrogen (secondary N) is 1. The van der Waals surface area contributed by atoms with Gasteiger partial charge in [0.05, 0.1) is 6.61 Å². The number of methoxy groups -OCH3 is 1. The van der Waals surface area contributed by atoms with Crippen molar-refractivity contribution in [3.05, 3.63) is 69.4 Å². The van der Waals surface area contributed by atoms with Crippen LogP contribution in [0.3, 0.4) is 0 Å². The van der Waals surface area contributed by atoms with Crippen LogP contribution in [0, 0.1) is 5.82 Å². The molecule has 2 aromatic carbocycles.